The quantitative estimate of drug-likeness (QED) is 0.688. The zero-order valence-corrected chi connectivity index (χ0v) is 14.3. The van der Waals surface area contributed by atoms with Crippen molar-refractivity contribution in [2.24, 2.45) is 4.99 Å². The number of aryl methyl sites for hydroxylation is 1. The van der Waals surface area contributed by atoms with Gasteiger partial charge in [-0.3, -0.25) is 4.79 Å². The topological polar surface area (TPSA) is 43.6 Å². The molecule has 0 spiro atoms. The van der Waals surface area contributed by atoms with Gasteiger partial charge in [-0.1, -0.05) is 41.0 Å². The van der Waals surface area contributed by atoms with E-state index >= 15 is 0 Å². The standard InChI is InChI=1S/C19H16N2O2S/c1-4-11-21-17-15(23-3)9-6-10-16(17)24-19(21)20-18(22)14-8-5-7-13(2)12-14/h1,5-10,12H,11H2,2-3H3. The fourth-order valence-corrected chi connectivity index (χ4v) is 3.56. The minimum atomic E-state index is -0.282. The zero-order chi connectivity index (χ0) is 17.1. The second-order valence-corrected chi connectivity index (χ2v) is 6.28. The summed E-state index contributed by atoms with van der Waals surface area (Å²) < 4.78 is 8.24. The highest BCUT2D eigenvalue weighted by molar-refractivity contribution is 7.16. The average Bonchev–Trinajstić information content (AvgIpc) is 2.92. The molecule has 0 aliphatic rings. The van der Waals surface area contributed by atoms with Crippen LogP contribution in [0, 0.1) is 19.3 Å². The molecule has 0 atom stereocenters. The van der Waals surface area contributed by atoms with Gasteiger partial charge in [0, 0.05) is 5.56 Å². The lowest BCUT2D eigenvalue weighted by atomic mass is 10.1. The number of methoxy groups -OCH3 is 1. The summed E-state index contributed by atoms with van der Waals surface area (Å²) in [4.78, 5) is 17.4. The Morgan fingerprint density at radius 2 is 2.12 bits per heavy atom. The molecule has 0 fully saturated rings. The molecule has 0 saturated carbocycles. The van der Waals surface area contributed by atoms with Crippen molar-refractivity contribution in [3.8, 4) is 18.1 Å². The molecule has 0 unspecified atom stereocenters. The van der Waals surface area contributed by atoms with Crippen molar-refractivity contribution in [1.29, 1.82) is 0 Å². The van der Waals surface area contributed by atoms with Crippen LogP contribution in [0.2, 0.25) is 0 Å². The molecule has 0 saturated heterocycles. The van der Waals surface area contributed by atoms with E-state index in [0.717, 1.165) is 15.8 Å². The summed E-state index contributed by atoms with van der Waals surface area (Å²) >= 11 is 1.42. The van der Waals surface area contributed by atoms with Crippen molar-refractivity contribution in [2.45, 2.75) is 13.5 Å². The van der Waals surface area contributed by atoms with Gasteiger partial charge in [0.2, 0.25) is 0 Å². The van der Waals surface area contributed by atoms with Crippen molar-refractivity contribution in [1.82, 2.24) is 4.57 Å². The van der Waals surface area contributed by atoms with E-state index in [4.69, 9.17) is 11.2 Å². The number of amides is 1. The summed E-state index contributed by atoms with van der Waals surface area (Å²) in [5.41, 5.74) is 2.44. The van der Waals surface area contributed by atoms with E-state index in [-0.39, 0.29) is 5.91 Å². The summed E-state index contributed by atoms with van der Waals surface area (Å²) in [6, 6.07) is 13.1. The number of carbonyl (C=O) groups excluding carboxylic acids is 1. The first-order valence-electron chi connectivity index (χ1n) is 7.39. The molecule has 1 heterocycles. The van der Waals surface area contributed by atoms with Crippen molar-refractivity contribution in [3.05, 3.63) is 58.4 Å². The summed E-state index contributed by atoms with van der Waals surface area (Å²) in [6.45, 7) is 2.26. The largest absolute Gasteiger partial charge is 0.495 e. The van der Waals surface area contributed by atoms with E-state index < -0.39 is 0 Å². The fourth-order valence-electron chi connectivity index (χ4n) is 2.52. The molecule has 0 bridgehead atoms. The zero-order valence-electron chi connectivity index (χ0n) is 13.4. The molecule has 0 radical (unpaired) electrons. The number of terminal acetylenes is 1. The monoisotopic (exact) mass is 336 g/mol. The van der Waals surface area contributed by atoms with Crippen molar-refractivity contribution in [2.75, 3.05) is 7.11 Å². The van der Waals surface area contributed by atoms with Gasteiger partial charge in [-0.25, -0.2) is 0 Å². The number of carbonyl (C=O) groups is 1. The molecule has 3 rings (SSSR count). The Hall–Kier alpha value is -2.84. The van der Waals surface area contributed by atoms with Crippen LogP contribution in [0.25, 0.3) is 10.2 Å². The summed E-state index contributed by atoms with van der Waals surface area (Å²) in [7, 11) is 1.61. The van der Waals surface area contributed by atoms with Crippen LogP contribution in [0.15, 0.2) is 47.5 Å². The van der Waals surface area contributed by atoms with Crippen LogP contribution >= 0.6 is 11.3 Å². The van der Waals surface area contributed by atoms with Gasteiger partial charge in [-0.2, -0.15) is 4.99 Å². The Kier molecular flexibility index (Phi) is 4.50. The summed E-state index contributed by atoms with van der Waals surface area (Å²) in [5, 5.41) is 0. The lowest BCUT2D eigenvalue weighted by molar-refractivity contribution is 0.0998. The smallest absolute Gasteiger partial charge is 0.279 e. The number of benzene rings is 2. The predicted octanol–water partition coefficient (Wildman–Crippen LogP) is 3.39. The van der Waals surface area contributed by atoms with E-state index in [1.165, 1.54) is 11.3 Å². The third-order valence-electron chi connectivity index (χ3n) is 3.60. The number of hydrogen-bond acceptors (Lipinski definition) is 3. The Labute approximate surface area is 144 Å². The first kappa shape index (κ1) is 16.0. The molecule has 5 heteroatoms. The van der Waals surface area contributed by atoms with E-state index in [9.17, 15) is 4.79 Å². The molecule has 4 nitrogen and oxygen atoms in total. The summed E-state index contributed by atoms with van der Waals surface area (Å²) in [6.07, 6.45) is 5.50. The van der Waals surface area contributed by atoms with E-state index in [0.29, 0.717) is 22.7 Å². The number of aromatic nitrogens is 1. The van der Waals surface area contributed by atoms with Crippen LogP contribution < -0.4 is 9.54 Å². The second-order valence-electron chi connectivity index (χ2n) is 5.27. The van der Waals surface area contributed by atoms with Crippen molar-refractivity contribution in [3.63, 3.8) is 0 Å². The Bertz CT molecular complexity index is 1020. The minimum Gasteiger partial charge on any atom is -0.495 e. The van der Waals surface area contributed by atoms with Gasteiger partial charge >= 0.3 is 0 Å². The number of para-hydroxylation sites is 1. The van der Waals surface area contributed by atoms with Crippen molar-refractivity contribution >= 4 is 27.5 Å². The van der Waals surface area contributed by atoms with Gasteiger partial charge < -0.3 is 9.30 Å². The highest BCUT2D eigenvalue weighted by Crippen LogP contribution is 2.27. The van der Waals surface area contributed by atoms with Gasteiger partial charge in [-0.05, 0) is 31.2 Å². The Morgan fingerprint density at radius 3 is 2.83 bits per heavy atom. The molecule has 1 aromatic heterocycles. The van der Waals surface area contributed by atoms with E-state index in [1.54, 1.807) is 13.2 Å². The average molecular weight is 336 g/mol. The van der Waals surface area contributed by atoms with Crippen LogP contribution in [0.3, 0.4) is 0 Å². The maximum absolute atomic E-state index is 12.5. The number of fused-ring (bicyclic) bond motifs is 1. The van der Waals surface area contributed by atoms with Crippen LogP contribution in [-0.4, -0.2) is 17.6 Å². The molecule has 0 N–H and O–H groups in total. The highest BCUT2D eigenvalue weighted by atomic mass is 32.1. The van der Waals surface area contributed by atoms with Crippen molar-refractivity contribution < 1.29 is 9.53 Å². The molecular weight excluding hydrogens is 320 g/mol. The molecule has 1 amide bonds. The van der Waals surface area contributed by atoms with E-state index in [2.05, 4.69) is 10.9 Å². The number of thiazole rings is 1. The fraction of sp³-hybridized carbons (Fsp3) is 0.158. The number of ether oxygens (including phenoxy) is 1. The lowest BCUT2D eigenvalue weighted by Crippen LogP contribution is -2.16. The van der Waals surface area contributed by atoms with Gasteiger partial charge in [0.25, 0.3) is 5.91 Å². The van der Waals surface area contributed by atoms with Crippen LogP contribution in [-0.2, 0) is 6.54 Å². The van der Waals surface area contributed by atoms with E-state index in [1.807, 2.05) is 47.9 Å². The third-order valence-corrected chi connectivity index (χ3v) is 4.64. The molecule has 120 valence electrons. The van der Waals surface area contributed by atoms with Gasteiger partial charge in [0.15, 0.2) is 4.80 Å². The number of rotatable bonds is 3. The number of nitrogens with zero attached hydrogens (tertiary/aromatic N) is 2. The molecular formula is C19H16N2O2S. The third kappa shape index (κ3) is 2.97. The normalized spacial score (nSPS) is 11.5. The summed E-state index contributed by atoms with van der Waals surface area (Å²) in [5.74, 6) is 3.05. The molecule has 24 heavy (non-hydrogen) atoms. The second kappa shape index (κ2) is 6.73. The maximum atomic E-state index is 12.5. The van der Waals surface area contributed by atoms with Gasteiger partial charge in [0.05, 0.1) is 18.4 Å². The maximum Gasteiger partial charge on any atom is 0.279 e. The Morgan fingerprint density at radius 1 is 1.33 bits per heavy atom. The van der Waals surface area contributed by atoms with Crippen LogP contribution in [0.4, 0.5) is 0 Å². The first-order valence-corrected chi connectivity index (χ1v) is 8.21. The first-order chi connectivity index (χ1) is 11.6. The minimum absolute atomic E-state index is 0.282. The van der Waals surface area contributed by atoms with Gasteiger partial charge in [0.1, 0.15) is 11.3 Å². The van der Waals surface area contributed by atoms with Gasteiger partial charge in [-0.15, -0.1) is 6.42 Å². The molecule has 2 aromatic carbocycles. The van der Waals surface area contributed by atoms with Crippen LogP contribution in [0.5, 0.6) is 5.75 Å². The number of hydrogen-bond donors (Lipinski definition) is 0. The molecule has 0 aliphatic carbocycles. The predicted molar refractivity (Wildman–Crippen MR) is 96.3 cm³/mol. The SMILES string of the molecule is C#CCn1c(=NC(=O)c2cccc(C)c2)sc2cccc(OC)c21. The molecule has 0 aliphatic heterocycles. The lowest BCUT2D eigenvalue weighted by Gasteiger charge is -2.05. The highest BCUT2D eigenvalue weighted by Gasteiger charge is 2.12. The van der Waals surface area contributed by atoms with Crippen LogP contribution in [0.1, 0.15) is 15.9 Å². The molecule has 3 aromatic rings. The Balaban J connectivity index is 2.20.